The van der Waals surface area contributed by atoms with Crippen LogP contribution in [0.15, 0.2) is 66.9 Å². The number of hydrogen-bond acceptors (Lipinski definition) is 18. The first kappa shape index (κ1) is 86.4. The zero-order valence-electron chi connectivity index (χ0n) is 52.0. The normalized spacial score (nSPS) is 13.2. The molecule has 528 valence electrons. The fourth-order valence-electron chi connectivity index (χ4n) is 8.32. The van der Waals surface area contributed by atoms with Crippen LogP contribution in [0.25, 0.3) is 0 Å². The first-order valence-corrected chi connectivity index (χ1v) is 29.4. The quantitative estimate of drug-likeness (QED) is 0.0423. The summed E-state index contributed by atoms with van der Waals surface area (Å²) < 4.78 is 0. The number of hydrogen-bond donors (Lipinski definition) is 18. The van der Waals surface area contributed by atoms with Gasteiger partial charge in [-0.25, -0.2) is 19.2 Å². The van der Waals surface area contributed by atoms with E-state index in [2.05, 4.69) is 27.8 Å². The first-order chi connectivity index (χ1) is 44.3. The van der Waals surface area contributed by atoms with E-state index in [1.807, 2.05) is 6.92 Å². The summed E-state index contributed by atoms with van der Waals surface area (Å²) in [6.45, 7) is 6.92. The molecule has 34 heteroatoms. The van der Waals surface area contributed by atoms with Gasteiger partial charge in [-0.15, -0.1) is 0 Å². The van der Waals surface area contributed by atoms with E-state index in [9.17, 15) is 92.0 Å². The van der Waals surface area contributed by atoms with Crippen LogP contribution in [-0.2, 0) is 89.6 Å². The van der Waals surface area contributed by atoms with E-state index in [0.29, 0.717) is 12.0 Å². The second-order valence-corrected chi connectivity index (χ2v) is 21.5. The molecule has 0 radical (unpaired) electrons. The monoisotopic (exact) mass is 1350 g/mol. The standard InChI is InChI=1S/C18H23NO7.C17H21NO7.C14H23NO7.C12H17NO9/c1-11(20)2-5-13(17(23)24)6-9-16(22)19-15(18(25)26)10-12-3-7-14(21)8-4-12;19-14(8-6-12(16(22)23)7-9-15(20)21)18-13(17(24)25)10-11-4-2-1-3-5-11;1-3-8(2)9(13(19)20)4-6-11(16)15-10(14(21)22)5-7-12(17)18;14-8(3-1-6(11(19)20)5-10(17)18)13-7(12(21)22)2-4-9(15)16/h3-4,7-8,13,15,20-21H,1-2,5-6,9-10H2,(H,19,22)(H,23,24)(H,25,26);1-5,12-13H,6-10H2,(H,18,19)(H,20,21)(H,22,23)(H,24,25);8-10H,3-7H2,1-2H3,(H,15,16)(H,17,18)(H,19,20)(H,21,22);6-7H,1-5H2,(H,13,14)(H,15,16)(H,17,18)(H,19,20)(H,21,22)/t13-,15-;12-,13+;8?,9-,10+;6-,7+/m1000/s1. The molecule has 9 atom stereocenters. The summed E-state index contributed by atoms with van der Waals surface area (Å²) in [5.41, 5.74) is 1.38. The van der Waals surface area contributed by atoms with Crippen molar-refractivity contribution < 1.29 is 148 Å². The molecule has 0 heterocycles. The van der Waals surface area contributed by atoms with Gasteiger partial charge in [0, 0.05) is 64.2 Å². The van der Waals surface area contributed by atoms with Crippen molar-refractivity contribution in [3.05, 3.63) is 78.1 Å². The largest absolute Gasteiger partial charge is 0.513 e. The highest BCUT2D eigenvalue weighted by atomic mass is 16.4. The van der Waals surface area contributed by atoms with Crippen LogP contribution in [0.4, 0.5) is 0 Å². The highest BCUT2D eigenvalue weighted by Gasteiger charge is 2.29. The van der Waals surface area contributed by atoms with E-state index in [1.165, 1.54) is 12.1 Å². The van der Waals surface area contributed by atoms with E-state index in [0.717, 1.165) is 5.56 Å². The Hall–Kier alpha value is -10.7. The summed E-state index contributed by atoms with van der Waals surface area (Å²) in [6.07, 6.45) is -2.29. The number of aliphatic carboxylic acids is 12. The van der Waals surface area contributed by atoms with Crippen LogP contribution in [0.1, 0.15) is 141 Å². The van der Waals surface area contributed by atoms with Crippen molar-refractivity contribution in [2.24, 2.45) is 29.6 Å². The topological polar surface area (TPSA) is 604 Å². The number of aliphatic hydroxyl groups excluding tert-OH is 1. The third-order valence-corrected chi connectivity index (χ3v) is 13.9. The van der Waals surface area contributed by atoms with Crippen molar-refractivity contribution in [1.29, 1.82) is 0 Å². The molecule has 0 aromatic heterocycles. The molecule has 2 aromatic carbocycles. The van der Waals surface area contributed by atoms with Gasteiger partial charge in [-0.3, -0.25) is 57.5 Å². The molecular weight excluding hydrogens is 1270 g/mol. The highest BCUT2D eigenvalue weighted by molar-refractivity contribution is 5.87. The van der Waals surface area contributed by atoms with Gasteiger partial charge in [0.2, 0.25) is 23.6 Å². The average Bonchev–Trinajstić information content (AvgIpc) is 3.39. The summed E-state index contributed by atoms with van der Waals surface area (Å²) in [5, 5.41) is 134. The smallest absolute Gasteiger partial charge is 0.326 e. The number of phenolic OH excluding ortho intramolecular Hbond substituents is 1. The lowest BCUT2D eigenvalue weighted by molar-refractivity contribution is -0.149. The summed E-state index contributed by atoms with van der Waals surface area (Å²) in [4.78, 5) is 178. The Morgan fingerprint density at radius 2 is 0.674 bits per heavy atom. The number of benzene rings is 2. The maximum atomic E-state index is 12.0. The molecule has 4 amide bonds. The number of amides is 4. The van der Waals surface area contributed by atoms with Crippen LogP contribution in [0.3, 0.4) is 0 Å². The van der Waals surface area contributed by atoms with E-state index in [4.69, 9.17) is 56.2 Å². The van der Waals surface area contributed by atoms with Crippen LogP contribution in [-0.4, -0.2) is 191 Å². The summed E-state index contributed by atoms with van der Waals surface area (Å²) in [5.74, 6) is -20.9. The molecule has 95 heavy (non-hydrogen) atoms. The van der Waals surface area contributed by atoms with Crippen molar-refractivity contribution in [3.63, 3.8) is 0 Å². The number of carboxylic acid groups (broad SMARTS) is 12. The van der Waals surface area contributed by atoms with Crippen LogP contribution in [0.5, 0.6) is 5.75 Å². The third-order valence-electron chi connectivity index (χ3n) is 13.9. The second-order valence-electron chi connectivity index (χ2n) is 21.5. The number of aliphatic hydroxyl groups is 1. The van der Waals surface area contributed by atoms with Gasteiger partial charge in [0.15, 0.2) is 0 Å². The van der Waals surface area contributed by atoms with Crippen molar-refractivity contribution in [2.75, 3.05) is 0 Å². The molecule has 0 saturated heterocycles. The van der Waals surface area contributed by atoms with Crippen molar-refractivity contribution in [1.82, 2.24) is 21.3 Å². The minimum atomic E-state index is -1.41. The molecular formula is C61H84N4O30. The van der Waals surface area contributed by atoms with Gasteiger partial charge in [-0.2, -0.15) is 0 Å². The first-order valence-electron chi connectivity index (χ1n) is 29.4. The van der Waals surface area contributed by atoms with Gasteiger partial charge in [0.1, 0.15) is 29.9 Å². The number of phenols is 1. The summed E-state index contributed by atoms with van der Waals surface area (Å²) in [7, 11) is 0. The maximum absolute atomic E-state index is 12.0. The molecule has 0 bridgehead atoms. The molecule has 0 saturated carbocycles. The van der Waals surface area contributed by atoms with E-state index >= 15 is 0 Å². The number of allylic oxidation sites excluding steroid dienone is 1. The molecule has 0 aliphatic rings. The Kier molecular flexibility index (Phi) is 42.9. The third kappa shape index (κ3) is 42.9. The molecule has 2 aromatic rings. The molecule has 0 spiro atoms. The van der Waals surface area contributed by atoms with E-state index < -0.39 is 156 Å². The SMILES string of the molecule is C=C(O)CC[C@H](CCC(=O)N[C@H](Cc1ccc(O)cc1)C(=O)O)C(=O)O.CCC(C)[C@H](CCC(=O)N[C@H](CCC(=O)O)C(=O)O)C(=O)O.O=C(O)CC[C@@H](NC(=O)CC[C@@H](CC(=O)O)C(=O)O)C(=O)O.O=C(O)CC[C@H](CCC(=O)N[C@H](Cc1ccccc1)C(=O)O)C(=O)O. The van der Waals surface area contributed by atoms with Gasteiger partial charge >= 0.3 is 71.6 Å². The number of rotatable bonds is 44. The Balaban J connectivity index is 0. The van der Waals surface area contributed by atoms with Gasteiger partial charge in [0.25, 0.3) is 0 Å². The lowest BCUT2D eigenvalue weighted by Gasteiger charge is -2.19. The Bertz CT molecular complexity index is 2920. The Labute approximate surface area is 543 Å². The fraction of sp³-hybridized carbons (Fsp3) is 0.508. The van der Waals surface area contributed by atoms with Crippen molar-refractivity contribution in [2.45, 2.75) is 166 Å². The molecule has 34 nitrogen and oxygen atoms in total. The fourth-order valence-corrected chi connectivity index (χ4v) is 8.32. The molecule has 1 unspecified atom stereocenters. The molecule has 0 aliphatic carbocycles. The minimum absolute atomic E-state index is 0.0278. The zero-order chi connectivity index (χ0) is 73.1. The van der Waals surface area contributed by atoms with Crippen LogP contribution in [0, 0.1) is 29.6 Å². The molecule has 0 fully saturated rings. The Morgan fingerprint density at radius 1 is 0.358 bits per heavy atom. The highest BCUT2D eigenvalue weighted by Crippen LogP contribution is 2.22. The van der Waals surface area contributed by atoms with Gasteiger partial charge in [-0.05, 0) is 80.5 Å². The van der Waals surface area contributed by atoms with Crippen molar-refractivity contribution in [3.8, 4) is 5.75 Å². The summed E-state index contributed by atoms with van der Waals surface area (Å²) in [6, 6.07) is 9.80. The lowest BCUT2D eigenvalue weighted by atomic mass is 9.88. The lowest BCUT2D eigenvalue weighted by Crippen LogP contribution is -2.42. The Morgan fingerprint density at radius 3 is 0.989 bits per heavy atom. The van der Waals surface area contributed by atoms with Crippen LogP contribution >= 0.6 is 0 Å². The average molecular weight is 1350 g/mol. The van der Waals surface area contributed by atoms with Crippen LogP contribution in [0.2, 0.25) is 0 Å². The van der Waals surface area contributed by atoms with Crippen molar-refractivity contribution >= 4 is 95.3 Å². The number of nitrogens with one attached hydrogen (secondary N) is 4. The number of carboxylic acids is 12. The molecule has 18 N–H and O–H groups in total. The zero-order valence-corrected chi connectivity index (χ0v) is 52.0. The minimum Gasteiger partial charge on any atom is -0.513 e. The number of carbonyl (C=O) groups excluding carboxylic acids is 4. The van der Waals surface area contributed by atoms with E-state index in [-0.39, 0.29) is 127 Å². The van der Waals surface area contributed by atoms with Gasteiger partial charge < -0.3 is 92.8 Å². The number of aromatic hydroxyl groups is 1. The van der Waals surface area contributed by atoms with Crippen LogP contribution < -0.4 is 21.3 Å². The molecule has 0 aliphatic heterocycles. The maximum Gasteiger partial charge on any atom is 0.326 e. The predicted molar refractivity (Wildman–Crippen MR) is 325 cm³/mol. The van der Waals surface area contributed by atoms with E-state index in [1.54, 1.807) is 49.4 Å². The summed E-state index contributed by atoms with van der Waals surface area (Å²) >= 11 is 0. The number of carbonyl (C=O) groups is 16. The van der Waals surface area contributed by atoms with Gasteiger partial charge in [-0.1, -0.05) is 69.3 Å². The van der Waals surface area contributed by atoms with Gasteiger partial charge in [0.05, 0.1) is 35.9 Å². The molecule has 2 rings (SSSR count). The predicted octanol–water partition coefficient (Wildman–Crippen LogP) is 3.31. The second kappa shape index (κ2) is 47.2.